The van der Waals surface area contributed by atoms with E-state index in [1.165, 1.54) is 12.1 Å². The van der Waals surface area contributed by atoms with Gasteiger partial charge in [-0.05, 0) is 43.5 Å². The van der Waals surface area contributed by atoms with Crippen LogP contribution in [0.2, 0.25) is 0 Å². The number of nitrogens with one attached hydrogen (secondary N) is 1. The van der Waals surface area contributed by atoms with Crippen molar-refractivity contribution in [2.75, 3.05) is 6.54 Å². The van der Waals surface area contributed by atoms with Gasteiger partial charge in [0.2, 0.25) is 0 Å². The molecule has 2 N–H and O–H groups in total. The van der Waals surface area contributed by atoms with Gasteiger partial charge in [0.05, 0.1) is 6.10 Å². The van der Waals surface area contributed by atoms with Crippen LogP contribution < -0.4 is 5.32 Å². The Labute approximate surface area is 96.5 Å². The normalized spacial score (nSPS) is 12.7. The molecule has 3 heteroatoms. The molecule has 0 bridgehead atoms. The number of aliphatic hydroxyl groups excluding tert-OH is 1. The zero-order valence-corrected chi connectivity index (χ0v) is 9.75. The van der Waals surface area contributed by atoms with Gasteiger partial charge < -0.3 is 10.4 Å². The molecule has 0 saturated carbocycles. The van der Waals surface area contributed by atoms with Crippen molar-refractivity contribution < 1.29 is 9.50 Å². The second kappa shape index (κ2) is 7.36. The van der Waals surface area contributed by atoms with Crippen LogP contribution >= 0.6 is 0 Å². The molecule has 0 fully saturated rings. The molecule has 0 aliphatic rings. The summed E-state index contributed by atoms with van der Waals surface area (Å²) in [6.45, 7) is 3.51. The molecule has 0 aromatic heterocycles. The molecule has 16 heavy (non-hydrogen) atoms. The van der Waals surface area contributed by atoms with Gasteiger partial charge in [-0.15, -0.1) is 0 Å². The van der Waals surface area contributed by atoms with Crippen molar-refractivity contribution >= 4 is 0 Å². The molecule has 90 valence electrons. The predicted octanol–water partition coefficient (Wildman–Crippen LogP) is 2.47. The quantitative estimate of drug-likeness (QED) is 0.699. The maximum atomic E-state index is 12.8. The number of rotatable bonds is 7. The third-order valence-corrected chi connectivity index (χ3v) is 2.58. The summed E-state index contributed by atoms with van der Waals surface area (Å²) >= 11 is 0. The van der Waals surface area contributed by atoms with Crippen LogP contribution in [0.1, 0.15) is 31.7 Å². The fourth-order valence-corrected chi connectivity index (χ4v) is 1.55. The molecule has 0 amide bonds. The maximum Gasteiger partial charge on any atom is 0.123 e. The van der Waals surface area contributed by atoms with E-state index in [2.05, 4.69) is 5.32 Å². The molecule has 1 aromatic carbocycles. The summed E-state index contributed by atoms with van der Waals surface area (Å²) in [6.07, 6.45) is 2.40. The number of aliphatic hydroxyl groups is 1. The summed E-state index contributed by atoms with van der Waals surface area (Å²) in [4.78, 5) is 0. The third-order valence-electron chi connectivity index (χ3n) is 2.58. The second-order valence-electron chi connectivity index (χ2n) is 4.01. The van der Waals surface area contributed by atoms with Crippen LogP contribution in [0.15, 0.2) is 24.3 Å². The summed E-state index contributed by atoms with van der Waals surface area (Å²) in [7, 11) is 0. The van der Waals surface area contributed by atoms with Gasteiger partial charge in [0.25, 0.3) is 0 Å². The molecule has 0 spiro atoms. The monoisotopic (exact) mass is 225 g/mol. The van der Waals surface area contributed by atoms with E-state index < -0.39 is 0 Å². The zero-order valence-electron chi connectivity index (χ0n) is 9.75. The van der Waals surface area contributed by atoms with Crippen molar-refractivity contribution in [3.63, 3.8) is 0 Å². The molecular formula is C13H20FNO. The van der Waals surface area contributed by atoms with Crippen molar-refractivity contribution in [2.45, 2.75) is 38.8 Å². The van der Waals surface area contributed by atoms with Crippen LogP contribution in [-0.2, 0) is 6.54 Å². The summed E-state index contributed by atoms with van der Waals surface area (Å²) in [5, 5.41) is 12.6. The average molecular weight is 225 g/mol. The van der Waals surface area contributed by atoms with Gasteiger partial charge in [-0.3, -0.25) is 0 Å². The first-order chi connectivity index (χ1) is 7.72. The molecule has 0 aliphatic heterocycles. The largest absolute Gasteiger partial charge is 0.393 e. The highest BCUT2D eigenvalue weighted by Gasteiger charge is 1.99. The van der Waals surface area contributed by atoms with Crippen molar-refractivity contribution in [1.29, 1.82) is 0 Å². The first-order valence-electron chi connectivity index (χ1n) is 5.85. The van der Waals surface area contributed by atoms with Gasteiger partial charge in [-0.1, -0.05) is 19.1 Å². The fraction of sp³-hybridized carbons (Fsp3) is 0.538. The van der Waals surface area contributed by atoms with Crippen molar-refractivity contribution in [2.24, 2.45) is 0 Å². The van der Waals surface area contributed by atoms with Crippen molar-refractivity contribution in [3.8, 4) is 0 Å². The highest BCUT2D eigenvalue weighted by Crippen LogP contribution is 2.03. The van der Waals surface area contributed by atoms with Crippen molar-refractivity contribution in [3.05, 3.63) is 35.6 Å². The Morgan fingerprint density at radius 1 is 1.44 bits per heavy atom. The third kappa shape index (κ3) is 5.24. The van der Waals surface area contributed by atoms with Gasteiger partial charge in [0.15, 0.2) is 0 Å². The highest BCUT2D eigenvalue weighted by molar-refractivity contribution is 5.15. The lowest BCUT2D eigenvalue weighted by atomic mass is 10.1. The Morgan fingerprint density at radius 3 is 2.94 bits per heavy atom. The topological polar surface area (TPSA) is 32.3 Å². The van der Waals surface area contributed by atoms with E-state index >= 15 is 0 Å². The highest BCUT2D eigenvalue weighted by atomic mass is 19.1. The lowest BCUT2D eigenvalue weighted by Gasteiger charge is -2.08. The molecule has 1 atom stereocenters. The molecule has 0 saturated heterocycles. The molecule has 2 nitrogen and oxygen atoms in total. The smallest absolute Gasteiger partial charge is 0.123 e. The molecule has 1 rings (SSSR count). The lowest BCUT2D eigenvalue weighted by molar-refractivity contribution is 0.157. The predicted molar refractivity (Wildman–Crippen MR) is 63.6 cm³/mol. The van der Waals surface area contributed by atoms with Crippen LogP contribution in [0.3, 0.4) is 0 Å². The number of hydrogen-bond donors (Lipinski definition) is 2. The first kappa shape index (κ1) is 13.1. The van der Waals surface area contributed by atoms with Crippen LogP contribution in [0.25, 0.3) is 0 Å². The minimum atomic E-state index is -0.194. The zero-order chi connectivity index (χ0) is 11.8. The van der Waals surface area contributed by atoms with E-state index in [0.29, 0.717) is 6.54 Å². The Balaban J connectivity index is 2.12. The van der Waals surface area contributed by atoms with Crippen LogP contribution in [0.5, 0.6) is 0 Å². The Hall–Kier alpha value is -0.930. The number of hydrogen-bond acceptors (Lipinski definition) is 2. The minimum Gasteiger partial charge on any atom is -0.393 e. The summed E-state index contributed by atoms with van der Waals surface area (Å²) in [5.74, 6) is -0.194. The molecule has 0 heterocycles. The number of benzene rings is 1. The van der Waals surface area contributed by atoms with E-state index in [1.807, 2.05) is 13.0 Å². The standard InChI is InChI=1S/C13H20FNO/c1-2-13(16)7-4-8-15-10-11-5-3-6-12(14)9-11/h3,5-6,9,13,15-16H,2,4,7-8,10H2,1H3. The molecular weight excluding hydrogens is 205 g/mol. The Kier molecular flexibility index (Phi) is 6.04. The van der Waals surface area contributed by atoms with Gasteiger partial charge in [0.1, 0.15) is 5.82 Å². The summed E-state index contributed by atoms with van der Waals surface area (Å²) in [6, 6.07) is 6.60. The van der Waals surface area contributed by atoms with E-state index in [0.717, 1.165) is 31.4 Å². The van der Waals surface area contributed by atoms with Crippen molar-refractivity contribution in [1.82, 2.24) is 5.32 Å². The van der Waals surface area contributed by atoms with Gasteiger partial charge in [-0.2, -0.15) is 0 Å². The van der Waals surface area contributed by atoms with Crippen LogP contribution in [0, 0.1) is 5.82 Å². The molecule has 1 aromatic rings. The number of halogens is 1. The van der Waals surface area contributed by atoms with Crippen LogP contribution in [-0.4, -0.2) is 17.8 Å². The SMILES string of the molecule is CCC(O)CCCNCc1cccc(F)c1. The van der Waals surface area contributed by atoms with E-state index in [1.54, 1.807) is 6.07 Å². The second-order valence-corrected chi connectivity index (χ2v) is 4.01. The Morgan fingerprint density at radius 2 is 2.25 bits per heavy atom. The van der Waals surface area contributed by atoms with E-state index in [9.17, 15) is 9.50 Å². The van der Waals surface area contributed by atoms with E-state index in [-0.39, 0.29) is 11.9 Å². The minimum absolute atomic E-state index is 0.184. The molecule has 0 aliphatic carbocycles. The van der Waals surface area contributed by atoms with Gasteiger partial charge in [-0.25, -0.2) is 4.39 Å². The molecule has 0 radical (unpaired) electrons. The van der Waals surface area contributed by atoms with Crippen LogP contribution in [0.4, 0.5) is 4.39 Å². The molecule has 1 unspecified atom stereocenters. The van der Waals surface area contributed by atoms with Gasteiger partial charge in [0, 0.05) is 6.54 Å². The first-order valence-corrected chi connectivity index (χ1v) is 5.85. The van der Waals surface area contributed by atoms with E-state index in [4.69, 9.17) is 0 Å². The fourth-order valence-electron chi connectivity index (χ4n) is 1.55. The average Bonchev–Trinajstić information content (AvgIpc) is 2.28. The summed E-state index contributed by atoms with van der Waals surface area (Å²) < 4.78 is 12.8. The Bertz CT molecular complexity index is 304. The lowest BCUT2D eigenvalue weighted by Crippen LogP contribution is -2.16. The summed E-state index contributed by atoms with van der Waals surface area (Å²) in [5.41, 5.74) is 0.955. The van der Waals surface area contributed by atoms with Gasteiger partial charge >= 0.3 is 0 Å². The maximum absolute atomic E-state index is 12.8.